The first-order valence-corrected chi connectivity index (χ1v) is 9.18. The van der Waals surface area contributed by atoms with Crippen molar-refractivity contribution in [2.75, 3.05) is 18.0 Å². The van der Waals surface area contributed by atoms with Crippen molar-refractivity contribution in [2.45, 2.75) is 56.2 Å². The van der Waals surface area contributed by atoms with Crippen LogP contribution in [0.1, 0.15) is 46.5 Å². The Balaban J connectivity index is 1.81. The molecule has 1 aromatic heterocycles. The van der Waals surface area contributed by atoms with E-state index in [2.05, 4.69) is 9.88 Å². The van der Waals surface area contributed by atoms with Crippen molar-refractivity contribution >= 4 is 15.5 Å². The smallest absolute Gasteiger partial charge is 0.200 e. The molecule has 0 unspecified atom stereocenters. The molecule has 1 saturated carbocycles. The van der Waals surface area contributed by atoms with Gasteiger partial charge in [0.1, 0.15) is 0 Å². The van der Waals surface area contributed by atoms with Gasteiger partial charge in [-0.1, -0.05) is 0 Å². The van der Waals surface area contributed by atoms with E-state index in [1.807, 2.05) is 6.07 Å². The van der Waals surface area contributed by atoms with E-state index in [9.17, 15) is 8.42 Å². The van der Waals surface area contributed by atoms with Crippen LogP contribution < -0.4 is 4.90 Å². The second-order valence-corrected chi connectivity index (χ2v) is 10.1. The number of hydrogen-bond acceptors (Lipinski definition) is 4. The Kier molecular flexibility index (Phi) is 3.32. The van der Waals surface area contributed by atoms with E-state index >= 15 is 0 Å². The average Bonchev–Trinajstić information content (AvgIpc) is 3.16. The van der Waals surface area contributed by atoms with Gasteiger partial charge in [-0.2, -0.15) is 0 Å². The van der Waals surface area contributed by atoms with Gasteiger partial charge in [-0.25, -0.2) is 13.4 Å². The van der Waals surface area contributed by atoms with Gasteiger partial charge < -0.3 is 4.90 Å². The molecule has 2 aliphatic rings. The quantitative estimate of drug-likeness (QED) is 0.842. The molecular formula is C16H24N2O2S. The van der Waals surface area contributed by atoms with Crippen LogP contribution in [0.15, 0.2) is 23.4 Å². The summed E-state index contributed by atoms with van der Waals surface area (Å²) in [5.41, 5.74) is 1.60. The van der Waals surface area contributed by atoms with E-state index in [-0.39, 0.29) is 5.03 Å². The zero-order valence-electron chi connectivity index (χ0n) is 13.1. The van der Waals surface area contributed by atoms with Crippen molar-refractivity contribution in [2.24, 2.45) is 5.41 Å². The molecule has 0 atom stereocenters. The monoisotopic (exact) mass is 308 g/mol. The number of piperidine rings is 1. The third kappa shape index (κ3) is 2.68. The molecule has 0 radical (unpaired) electrons. The number of pyridine rings is 1. The summed E-state index contributed by atoms with van der Waals surface area (Å²) in [5.74, 6) is 0. The molecule has 3 rings (SSSR count). The Morgan fingerprint density at radius 2 is 1.90 bits per heavy atom. The molecule has 0 bridgehead atoms. The molecule has 0 aromatic carbocycles. The lowest BCUT2D eigenvalue weighted by Gasteiger charge is -2.34. The molecule has 0 amide bonds. The first-order chi connectivity index (χ1) is 9.74. The molecule has 2 heterocycles. The average molecular weight is 308 g/mol. The lowest BCUT2D eigenvalue weighted by Crippen LogP contribution is -2.36. The topological polar surface area (TPSA) is 50.3 Å². The van der Waals surface area contributed by atoms with E-state index in [0.29, 0.717) is 5.41 Å². The maximum atomic E-state index is 12.4. The van der Waals surface area contributed by atoms with E-state index in [4.69, 9.17) is 0 Å². The zero-order chi connectivity index (χ0) is 15.3. The number of anilines is 1. The number of hydrogen-bond donors (Lipinski definition) is 0. The summed E-state index contributed by atoms with van der Waals surface area (Å²) < 4.78 is 23.9. The lowest BCUT2D eigenvalue weighted by atomic mass is 9.95. The van der Waals surface area contributed by atoms with E-state index in [1.54, 1.807) is 33.0 Å². The summed E-state index contributed by atoms with van der Waals surface area (Å²) in [7, 11) is -3.36. The highest BCUT2D eigenvalue weighted by atomic mass is 32.2. The van der Waals surface area contributed by atoms with Crippen LogP contribution in [0.2, 0.25) is 0 Å². The van der Waals surface area contributed by atoms with Gasteiger partial charge in [0.2, 0.25) is 0 Å². The third-order valence-electron chi connectivity index (χ3n) is 4.79. The van der Waals surface area contributed by atoms with Gasteiger partial charge in [0.15, 0.2) is 14.9 Å². The first kappa shape index (κ1) is 14.8. The van der Waals surface area contributed by atoms with Gasteiger partial charge in [-0.05, 0) is 64.0 Å². The van der Waals surface area contributed by atoms with Gasteiger partial charge in [0.25, 0.3) is 0 Å². The summed E-state index contributed by atoms with van der Waals surface area (Å²) in [6, 6.07) is 3.57. The fourth-order valence-electron chi connectivity index (χ4n) is 3.05. The fraction of sp³-hybridized carbons (Fsp3) is 0.688. The maximum absolute atomic E-state index is 12.4. The molecule has 1 aliphatic heterocycles. The molecule has 21 heavy (non-hydrogen) atoms. The highest BCUT2D eigenvalue weighted by Gasteiger charge is 2.45. The summed E-state index contributed by atoms with van der Waals surface area (Å²) in [6.45, 7) is 7.27. The SMILES string of the molecule is CC(C)(C)S(=O)(=O)c1ccc(N2CCCC3(CC3)C2)cn1. The molecule has 1 aliphatic carbocycles. The van der Waals surface area contributed by atoms with Crippen LogP contribution >= 0.6 is 0 Å². The Morgan fingerprint density at radius 3 is 2.43 bits per heavy atom. The second-order valence-electron chi connectivity index (χ2n) is 7.50. The van der Waals surface area contributed by atoms with Gasteiger partial charge in [-0.15, -0.1) is 0 Å². The minimum Gasteiger partial charge on any atom is -0.370 e. The van der Waals surface area contributed by atoms with Crippen LogP contribution in [-0.2, 0) is 9.84 Å². The Hall–Kier alpha value is -1.10. The molecular weight excluding hydrogens is 284 g/mol. The molecule has 1 saturated heterocycles. The van der Waals surface area contributed by atoms with Crippen LogP contribution in [0.5, 0.6) is 0 Å². The number of aromatic nitrogens is 1. The van der Waals surface area contributed by atoms with Gasteiger partial charge in [-0.3, -0.25) is 0 Å². The van der Waals surface area contributed by atoms with Crippen molar-refractivity contribution in [3.8, 4) is 0 Å². The van der Waals surface area contributed by atoms with Crippen LogP contribution in [0.4, 0.5) is 5.69 Å². The normalized spacial score (nSPS) is 21.6. The predicted molar refractivity (Wildman–Crippen MR) is 84.3 cm³/mol. The molecule has 2 fully saturated rings. The van der Waals surface area contributed by atoms with Crippen molar-refractivity contribution in [1.29, 1.82) is 0 Å². The number of nitrogens with zero attached hydrogens (tertiary/aromatic N) is 2. The highest BCUT2D eigenvalue weighted by Crippen LogP contribution is 2.52. The standard InChI is InChI=1S/C16H24N2O2S/c1-15(2,3)21(19,20)14-6-5-13(11-17-14)18-10-4-7-16(12-18)8-9-16/h5-6,11H,4,7-10,12H2,1-3H3. The fourth-order valence-corrected chi connectivity index (χ4v) is 4.11. The van der Waals surface area contributed by atoms with E-state index < -0.39 is 14.6 Å². The summed E-state index contributed by atoms with van der Waals surface area (Å²) >= 11 is 0. The van der Waals surface area contributed by atoms with Gasteiger partial charge in [0, 0.05) is 13.1 Å². The highest BCUT2D eigenvalue weighted by molar-refractivity contribution is 7.92. The largest absolute Gasteiger partial charge is 0.370 e. The first-order valence-electron chi connectivity index (χ1n) is 7.69. The summed E-state index contributed by atoms with van der Waals surface area (Å²) in [6.07, 6.45) is 6.97. The van der Waals surface area contributed by atoms with Crippen molar-refractivity contribution < 1.29 is 8.42 Å². The third-order valence-corrected chi connectivity index (χ3v) is 7.19. The molecule has 1 aromatic rings. The van der Waals surface area contributed by atoms with E-state index in [1.165, 1.54) is 25.7 Å². The number of rotatable bonds is 2. The lowest BCUT2D eigenvalue weighted by molar-refractivity contribution is 0.395. The summed E-state index contributed by atoms with van der Waals surface area (Å²) in [5, 5.41) is 0.178. The molecule has 5 heteroatoms. The molecule has 1 spiro atoms. The summed E-state index contributed by atoms with van der Waals surface area (Å²) in [4.78, 5) is 6.59. The van der Waals surface area contributed by atoms with Gasteiger partial charge >= 0.3 is 0 Å². The van der Waals surface area contributed by atoms with Crippen molar-refractivity contribution in [3.05, 3.63) is 18.3 Å². The molecule has 4 nitrogen and oxygen atoms in total. The molecule has 116 valence electrons. The second kappa shape index (κ2) is 4.70. The minimum atomic E-state index is -3.36. The van der Waals surface area contributed by atoms with Gasteiger partial charge in [0.05, 0.1) is 16.6 Å². The van der Waals surface area contributed by atoms with E-state index in [0.717, 1.165) is 18.8 Å². The Labute approximate surface area is 127 Å². The minimum absolute atomic E-state index is 0.178. The zero-order valence-corrected chi connectivity index (χ0v) is 13.9. The Bertz CT molecular complexity index is 625. The van der Waals surface area contributed by atoms with Crippen LogP contribution in [0, 0.1) is 5.41 Å². The molecule has 0 N–H and O–H groups in total. The Morgan fingerprint density at radius 1 is 1.19 bits per heavy atom. The number of sulfone groups is 1. The van der Waals surface area contributed by atoms with Crippen molar-refractivity contribution in [1.82, 2.24) is 4.98 Å². The van der Waals surface area contributed by atoms with Crippen LogP contribution in [0.25, 0.3) is 0 Å². The maximum Gasteiger partial charge on any atom is 0.200 e. The predicted octanol–water partition coefficient (Wildman–Crippen LogP) is 3.03. The van der Waals surface area contributed by atoms with Crippen molar-refractivity contribution in [3.63, 3.8) is 0 Å². The van der Waals surface area contributed by atoms with Crippen LogP contribution in [0.3, 0.4) is 0 Å². The van der Waals surface area contributed by atoms with Crippen LogP contribution in [-0.4, -0.2) is 31.2 Å².